The van der Waals surface area contributed by atoms with Crippen molar-refractivity contribution in [2.24, 2.45) is 11.8 Å². The minimum absolute atomic E-state index is 0.428. The first-order valence-corrected chi connectivity index (χ1v) is 8.11. The minimum atomic E-state index is 0.428. The first kappa shape index (κ1) is 12.4. The molecule has 0 spiro atoms. The third kappa shape index (κ3) is 2.83. The number of hydrogen-bond donors (Lipinski definition) is 1. The van der Waals surface area contributed by atoms with Crippen molar-refractivity contribution in [3.05, 3.63) is 24.3 Å². The van der Waals surface area contributed by atoms with Gasteiger partial charge in [-0.3, -0.25) is 0 Å². The van der Waals surface area contributed by atoms with Crippen molar-refractivity contribution in [1.29, 1.82) is 0 Å². The van der Waals surface area contributed by atoms with Gasteiger partial charge in [-0.2, -0.15) is 0 Å². The van der Waals surface area contributed by atoms with Crippen molar-refractivity contribution >= 4 is 11.8 Å². The predicted octanol–water partition coefficient (Wildman–Crippen LogP) is 3.18. The van der Waals surface area contributed by atoms with Gasteiger partial charge in [0.2, 0.25) is 0 Å². The molecule has 0 aromatic heterocycles. The summed E-state index contributed by atoms with van der Waals surface area (Å²) in [6, 6.07) is 8.50. The second-order valence-corrected chi connectivity index (χ2v) is 6.23. The lowest BCUT2D eigenvalue weighted by Gasteiger charge is -2.24. The number of rotatable bonds is 5. The largest absolute Gasteiger partial charge is 0.490 e. The summed E-state index contributed by atoms with van der Waals surface area (Å²) >= 11 is 1.77. The molecule has 1 aromatic rings. The molecular formula is C15H21NOS. The van der Waals surface area contributed by atoms with Gasteiger partial charge in [0.1, 0.15) is 11.9 Å². The van der Waals surface area contributed by atoms with Crippen molar-refractivity contribution < 1.29 is 4.74 Å². The van der Waals surface area contributed by atoms with E-state index in [4.69, 9.17) is 4.74 Å². The topological polar surface area (TPSA) is 21.3 Å². The molecule has 2 nitrogen and oxygen atoms in total. The molecule has 0 amide bonds. The zero-order valence-electron chi connectivity index (χ0n) is 10.9. The van der Waals surface area contributed by atoms with Crippen molar-refractivity contribution in [3.8, 4) is 5.75 Å². The summed E-state index contributed by atoms with van der Waals surface area (Å²) < 4.78 is 6.31. The van der Waals surface area contributed by atoms with Crippen LogP contribution in [0.4, 0.5) is 0 Å². The van der Waals surface area contributed by atoms with E-state index in [0.29, 0.717) is 12.0 Å². The molecule has 2 aliphatic rings. The highest BCUT2D eigenvalue weighted by molar-refractivity contribution is 7.98. The third-order valence-corrected chi connectivity index (χ3v) is 4.69. The average molecular weight is 263 g/mol. The molecule has 18 heavy (non-hydrogen) atoms. The molecule has 3 heteroatoms. The Morgan fingerprint density at radius 3 is 2.83 bits per heavy atom. The zero-order chi connectivity index (χ0) is 12.4. The lowest BCUT2D eigenvalue weighted by atomic mass is 9.97. The zero-order valence-corrected chi connectivity index (χ0v) is 11.7. The number of benzene rings is 1. The highest BCUT2D eigenvalue weighted by Crippen LogP contribution is 2.40. The summed E-state index contributed by atoms with van der Waals surface area (Å²) in [5, 5.41) is 3.46. The van der Waals surface area contributed by atoms with E-state index in [1.165, 1.54) is 24.2 Å². The molecule has 3 rings (SSSR count). The van der Waals surface area contributed by atoms with Crippen LogP contribution in [0.3, 0.4) is 0 Å². The van der Waals surface area contributed by atoms with Crippen molar-refractivity contribution in [1.82, 2.24) is 5.32 Å². The fraction of sp³-hybridized carbons (Fsp3) is 0.600. The Morgan fingerprint density at radius 2 is 2.17 bits per heavy atom. The lowest BCUT2D eigenvalue weighted by molar-refractivity contribution is 0.120. The Kier molecular flexibility index (Phi) is 3.80. The Hall–Kier alpha value is -0.670. The van der Waals surface area contributed by atoms with Gasteiger partial charge in [-0.1, -0.05) is 6.07 Å². The van der Waals surface area contributed by atoms with Gasteiger partial charge in [0.15, 0.2) is 0 Å². The van der Waals surface area contributed by atoms with Gasteiger partial charge in [-0.05, 0) is 56.2 Å². The molecule has 0 radical (unpaired) electrons. The van der Waals surface area contributed by atoms with Crippen LogP contribution in [-0.4, -0.2) is 25.4 Å². The number of nitrogens with one attached hydrogen (secondary N) is 1. The van der Waals surface area contributed by atoms with E-state index >= 15 is 0 Å². The second-order valence-electron chi connectivity index (χ2n) is 5.35. The standard InChI is InChI=1S/C15H21NOS/c1-18-14-4-2-3-13(9-14)17-15(11-5-6-11)12-7-8-16-10-12/h2-4,9,11-12,15-16H,5-8,10H2,1H3/t12-,15-/m0/s1. The lowest BCUT2D eigenvalue weighted by Crippen LogP contribution is -2.30. The molecule has 0 unspecified atom stereocenters. The number of ether oxygens (including phenoxy) is 1. The maximum absolute atomic E-state index is 6.31. The van der Waals surface area contributed by atoms with Gasteiger partial charge < -0.3 is 10.1 Å². The first-order valence-electron chi connectivity index (χ1n) is 6.88. The molecule has 1 N–H and O–H groups in total. The van der Waals surface area contributed by atoms with Crippen LogP contribution in [0, 0.1) is 11.8 Å². The smallest absolute Gasteiger partial charge is 0.120 e. The van der Waals surface area contributed by atoms with Gasteiger partial charge in [0.25, 0.3) is 0 Å². The summed E-state index contributed by atoms with van der Waals surface area (Å²) in [5.41, 5.74) is 0. The maximum Gasteiger partial charge on any atom is 0.120 e. The third-order valence-electron chi connectivity index (χ3n) is 3.96. The quantitative estimate of drug-likeness (QED) is 0.824. The van der Waals surface area contributed by atoms with Crippen LogP contribution in [0.2, 0.25) is 0 Å². The summed E-state index contributed by atoms with van der Waals surface area (Å²) in [7, 11) is 0. The van der Waals surface area contributed by atoms with Gasteiger partial charge in [-0.15, -0.1) is 11.8 Å². The predicted molar refractivity (Wildman–Crippen MR) is 76.3 cm³/mol. The Balaban J connectivity index is 1.71. The molecule has 1 heterocycles. The summed E-state index contributed by atoms with van der Waals surface area (Å²) in [6.07, 6.45) is 6.51. The monoisotopic (exact) mass is 263 g/mol. The normalized spacial score (nSPS) is 25.1. The van der Waals surface area contributed by atoms with Crippen LogP contribution >= 0.6 is 11.8 Å². The number of hydrogen-bond acceptors (Lipinski definition) is 3. The van der Waals surface area contributed by atoms with Gasteiger partial charge in [0.05, 0.1) is 0 Å². The van der Waals surface area contributed by atoms with Gasteiger partial charge in [-0.25, -0.2) is 0 Å². The van der Waals surface area contributed by atoms with Crippen LogP contribution in [0.1, 0.15) is 19.3 Å². The van der Waals surface area contributed by atoms with Crippen LogP contribution < -0.4 is 10.1 Å². The van der Waals surface area contributed by atoms with Crippen molar-refractivity contribution in [2.75, 3.05) is 19.3 Å². The van der Waals surface area contributed by atoms with Crippen molar-refractivity contribution in [3.63, 3.8) is 0 Å². The van der Waals surface area contributed by atoms with Crippen LogP contribution in [0.5, 0.6) is 5.75 Å². The summed E-state index contributed by atoms with van der Waals surface area (Å²) in [5.74, 6) is 2.55. The maximum atomic E-state index is 6.31. The molecule has 0 bridgehead atoms. The summed E-state index contributed by atoms with van der Waals surface area (Å²) in [6.45, 7) is 2.28. The molecule has 1 aromatic carbocycles. The van der Waals surface area contributed by atoms with Gasteiger partial charge >= 0.3 is 0 Å². The van der Waals surface area contributed by atoms with Crippen LogP contribution in [0.15, 0.2) is 29.2 Å². The van der Waals surface area contributed by atoms with E-state index in [1.807, 2.05) is 0 Å². The van der Waals surface area contributed by atoms with E-state index in [-0.39, 0.29) is 0 Å². The Morgan fingerprint density at radius 1 is 1.28 bits per heavy atom. The van der Waals surface area contributed by atoms with E-state index in [0.717, 1.165) is 24.8 Å². The molecule has 1 aliphatic heterocycles. The average Bonchev–Trinajstić information content (AvgIpc) is 3.11. The Labute approximate surface area is 113 Å². The van der Waals surface area contributed by atoms with Gasteiger partial charge in [0, 0.05) is 17.4 Å². The molecule has 2 atom stereocenters. The van der Waals surface area contributed by atoms with E-state index < -0.39 is 0 Å². The molecule has 1 saturated carbocycles. The van der Waals surface area contributed by atoms with E-state index in [9.17, 15) is 0 Å². The molecule has 1 aliphatic carbocycles. The highest BCUT2D eigenvalue weighted by Gasteiger charge is 2.39. The minimum Gasteiger partial charge on any atom is -0.490 e. The second kappa shape index (κ2) is 5.54. The highest BCUT2D eigenvalue weighted by atomic mass is 32.2. The summed E-state index contributed by atoms with van der Waals surface area (Å²) in [4.78, 5) is 1.28. The van der Waals surface area contributed by atoms with E-state index in [2.05, 4.69) is 35.8 Å². The fourth-order valence-corrected chi connectivity index (χ4v) is 3.24. The molecular weight excluding hydrogens is 242 g/mol. The SMILES string of the molecule is CSc1cccc(O[C@@H](C2CC2)[C@H]2CCNC2)c1. The fourth-order valence-electron chi connectivity index (χ4n) is 2.79. The molecule has 1 saturated heterocycles. The Bertz CT molecular complexity index is 399. The number of thioether (sulfide) groups is 1. The van der Waals surface area contributed by atoms with Crippen LogP contribution in [-0.2, 0) is 0 Å². The van der Waals surface area contributed by atoms with Crippen molar-refractivity contribution in [2.45, 2.75) is 30.3 Å². The first-order chi connectivity index (χ1) is 8.86. The molecule has 98 valence electrons. The van der Waals surface area contributed by atoms with Crippen LogP contribution in [0.25, 0.3) is 0 Å². The molecule has 2 fully saturated rings. The van der Waals surface area contributed by atoms with E-state index in [1.54, 1.807) is 11.8 Å².